The number of ether oxygens (including phenoxy) is 1. The number of aliphatic hydroxyl groups is 2. The number of benzene rings is 1. The van der Waals surface area contributed by atoms with Crippen LogP contribution in [0.15, 0.2) is 36.9 Å². The Morgan fingerprint density at radius 3 is 2.82 bits per heavy atom. The number of nitrogens with one attached hydrogen (secondary N) is 1. The molecule has 0 bridgehead atoms. The molecule has 2 atom stereocenters. The molecular weight excluding hydrogens is 293 g/mol. The van der Waals surface area contributed by atoms with Gasteiger partial charge in [-0.15, -0.1) is 6.58 Å². The number of fused-ring (bicyclic) bond motifs is 1. The second-order valence-electron chi connectivity index (χ2n) is 5.10. The third kappa shape index (κ3) is 5.26. The van der Waals surface area contributed by atoms with Gasteiger partial charge in [-0.3, -0.25) is 4.79 Å². The van der Waals surface area contributed by atoms with Crippen LogP contribution in [0.25, 0.3) is 10.9 Å². The Morgan fingerprint density at radius 1 is 1.41 bits per heavy atom. The molecule has 0 saturated heterocycles. The number of hydrogen-bond acceptors (Lipinski definition) is 4. The monoisotopic (exact) mass is 312 g/mol. The minimum atomic E-state index is -0.961. The molecule has 1 aromatic carbocycles. The number of H-pyrrole nitrogens is 1. The van der Waals surface area contributed by atoms with Crippen molar-refractivity contribution in [3.8, 4) is 5.88 Å². The quantitative estimate of drug-likeness (QED) is 0.431. The fourth-order valence-corrected chi connectivity index (χ4v) is 2.10. The molecule has 0 spiro atoms. The predicted molar refractivity (Wildman–Crippen MR) is 85.9 cm³/mol. The second kappa shape index (κ2) is 8.50. The summed E-state index contributed by atoms with van der Waals surface area (Å²) in [5.74, 6) is -0.209. The Kier molecular flexibility index (Phi) is 7.32. The van der Waals surface area contributed by atoms with Gasteiger partial charge in [-0.05, 0) is 19.1 Å². The molecule has 5 nitrogen and oxygen atoms in total. The first kappa shape index (κ1) is 18.9. The smallest absolute Gasteiger partial charge is 0.315 e. The number of hydrogen-bond donors (Lipinski definition) is 3. The molecule has 2 aromatic rings. The van der Waals surface area contributed by atoms with Gasteiger partial charge in [0.15, 0.2) is 0 Å². The maximum atomic E-state index is 11.7. The summed E-state index contributed by atoms with van der Waals surface area (Å²) in [4.78, 5) is 14.7. The number of carbonyl (C=O) groups is 1. The van der Waals surface area contributed by atoms with Gasteiger partial charge in [0.25, 0.3) is 0 Å². The van der Waals surface area contributed by atoms with E-state index >= 15 is 0 Å². The maximum Gasteiger partial charge on any atom is 0.315 e. The van der Waals surface area contributed by atoms with E-state index in [1.165, 1.54) is 6.08 Å². The van der Waals surface area contributed by atoms with E-state index in [-0.39, 0.29) is 42.4 Å². The first-order valence-electron chi connectivity index (χ1n) is 6.76. The Balaban J connectivity index is 0.00000242. The molecule has 0 amide bonds. The van der Waals surface area contributed by atoms with Crippen molar-refractivity contribution in [2.45, 2.75) is 32.0 Å². The fourth-order valence-electron chi connectivity index (χ4n) is 2.10. The largest absolute Gasteiger partial charge is 0.409 e. The Bertz CT molecular complexity index is 653. The predicted octanol–water partition coefficient (Wildman–Crippen LogP) is 1.69. The van der Waals surface area contributed by atoms with Gasteiger partial charge < -0.3 is 19.9 Å². The second-order valence-corrected chi connectivity index (χ2v) is 5.10. The first-order chi connectivity index (χ1) is 9.97. The molecule has 0 aliphatic heterocycles. The molecule has 1 radical (unpaired) electrons. The van der Waals surface area contributed by atoms with Crippen LogP contribution in [-0.2, 0) is 4.79 Å². The van der Waals surface area contributed by atoms with Crippen molar-refractivity contribution < 1.29 is 19.7 Å². The van der Waals surface area contributed by atoms with E-state index in [2.05, 4.69) is 11.6 Å². The molecule has 6 heteroatoms. The van der Waals surface area contributed by atoms with Crippen LogP contribution in [0.1, 0.15) is 18.4 Å². The average Bonchev–Trinajstić information content (AvgIpc) is 2.79. The summed E-state index contributed by atoms with van der Waals surface area (Å²) < 4.78 is 5.16. The molecule has 1 heterocycles. The first-order valence-corrected chi connectivity index (χ1v) is 6.76. The van der Waals surface area contributed by atoms with Crippen LogP contribution in [0.5, 0.6) is 5.88 Å². The minimum absolute atomic E-state index is 0. The summed E-state index contributed by atoms with van der Waals surface area (Å²) in [5, 5.41) is 19.9. The van der Waals surface area contributed by atoms with Gasteiger partial charge in [-0.2, -0.15) is 0 Å². The van der Waals surface area contributed by atoms with Crippen LogP contribution in [0.4, 0.5) is 0 Å². The van der Waals surface area contributed by atoms with Crippen molar-refractivity contribution in [1.82, 2.24) is 4.98 Å². The number of carbonyl (C=O) groups excluding carboxylic acids is 1. The summed E-state index contributed by atoms with van der Waals surface area (Å²) in [6.45, 7) is 5.40. The zero-order valence-electron chi connectivity index (χ0n) is 12.9. The Labute approximate surface area is 151 Å². The number of rotatable bonds is 6. The molecular formula is C16H19NNaO4. The number of esters is 1. The third-order valence-electron chi connectivity index (χ3n) is 3.16. The summed E-state index contributed by atoms with van der Waals surface area (Å²) in [6, 6.07) is 7.60. The number of aliphatic hydroxyl groups excluding tert-OH is 2. The topological polar surface area (TPSA) is 82.6 Å². The Morgan fingerprint density at radius 2 is 2.14 bits per heavy atom. The Hall–Kier alpha value is -1.11. The van der Waals surface area contributed by atoms with E-state index in [1.54, 1.807) is 6.07 Å². The van der Waals surface area contributed by atoms with E-state index in [1.807, 2.05) is 25.1 Å². The van der Waals surface area contributed by atoms with E-state index in [0.29, 0.717) is 5.88 Å². The van der Waals surface area contributed by atoms with Crippen molar-refractivity contribution in [2.75, 3.05) is 0 Å². The van der Waals surface area contributed by atoms with E-state index in [9.17, 15) is 15.0 Å². The maximum absolute atomic E-state index is 11.7. The molecule has 3 N–H and O–H groups in total. The summed E-state index contributed by atoms with van der Waals surface area (Å²) in [5.41, 5.74) is 2.00. The summed E-state index contributed by atoms with van der Waals surface area (Å²) in [6.07, 6.45) is -0.598. The van der Waals surface area contributed by atoms with E-state index < -0.39 is 18.2 Å². The molecule has 2 rings (SSSR count). The molecule has 0 aliphatic rings. The zero-order chi connectivity index (χ0) is 15.4. The minimum Gasteiger partial charge on any atom is -0.409 e. The van der Waals surface area contributed by atoms with E-state index in [0.717, 1.165) is 16.5 Å². The molecule has 1 aromatic heterocycles. The van der Waals surface area contributed by atoms with Gasteiger partial charge in [-0.1, -0.05) is 17.7 Å². The summed E-state index contributed by atoms with van der Waals surface area (Å²) >= 11 is 0. The van der Waals surface area contributed by atoms with Gasteiger partial charge in [0.2, 0.25) is 5.88 Å². The standard InChI is InChI=1S/C16H19NO4.Na/c1-3-12(18)8-13(19)9-16(20)21-15-7-11-6-10(2)4-5-14(11)17-15;/h3-7,12-13,17-19H,1,8-9H2,2H3;. The number of aryl methyl sites for hydroxylation is 1. The van der Waals surface area contributed by atoms with Crippen LogP contribution < -0.4 is 4.74 Å². The molecule has 0 saturated carbocycles. The van der Waals surface area contributed by atoms with Crippen LogP contribution in [-0.4, -0.2) is 62.9 Å². The average molecular weight is 312 g/mol. The summed E-state index contributed by atoms with van der Waals surface area (Å²) in [7, 11) is 0. The van der Waals surface area contributed by atoms with Gasteiger partial charge in [0.05, 0.1) is 18.6 Å². The molecule has 0 aliphatic carbocycles. The van der Waals surface area contributed by atoms with Gasteiger partial charge in [-0.25, -0.2) is 0 Å². The van der Waals surface area contributed by atoms with Crippen molar-refractivity contribution >= 4 is 46.4 Å². The van der Waals surface area contributed by atoms with Gasteiger partial charge in [0, 0.05) is 52.9 Å². The number of aromatic amines is 1. The fraction of sp³-hybridized carbons (Fsp3) is 0.312. The normalized spacial score (nSPS) is 13.2. The van der Waals surface area contributed by atoms with Crippen LogP contribution in [0, 0.1) is 6.92 Å². The van der Waals surface area contributed by atoms with Crippen LogP contribution >= 0.6 is 0 Å². The van der Waals surface area contributed by atoms with Crippen molar-refractivity contribution in [2.24, 2.45) is 0 Å². The number of aromatic nitrogens is 1. The van der Waals surface area contributed by atoms with Gasteiger partial charge >= 0.3 is 5.97 Å². The van der Waals surface area contributed by atoms with Crippen molar-refractivity contribution in [3.05, 3.63) is 42.5 Å². The molecule has 0 fully saturated rings. The van der Waals surface area contributed by atoms with Crippen LogP contribution in [0.2, 0.25) is 0 Å². The van der Waals surface area contributed by atoms with Crippen molar-refractivity contribution in [1.29, 1.82) is 0 Å². The van der Waals surface area contributed by atoms with Crippen molar-refractivity contribution in [3.63, 3.8) is 0 Å². The van der Waals surface area contributed by atoms with E-state index in [4.69, 9.17) is 4.74 Å². The van der Waals surface area contributed by atoms with Gasteiger partial charge in [0.1, 0.15) is 0 Å². The molecule has 22 heavy (non-hydrogen) atoms. The zero-order valence-corrected chi connectivity index (χ0v) is 14.9. The molecule has 113 valence electrons. The molecule has 2 unspecified atom stereocenters. The third-order valence-corrected chi connectivity index (χ3v) is 3.16. The van der Waals surface area contributed by atoms with Crippen LogP contribution in [0.3, 0.4) is 0 Å². The SMILES string of the molecule is C=CC(O)CC(O)CC(=O)Oc1cc2cc(C)ccc2[nH]1.[Na].